The molecule has 2 heteroatoms. The van der Waals surface area contributed by atoms with Crippen molar-refractivity contribution in [1.82, 2.24) is 0 Å². The molecule has 2 fully saturated rings. The zero-order valence-corrected chi connectivity index (χ0v) is 8.69. The van der Waals surface area contributed by atoms with E-state index >= 15 is 0 Å². The second-order valence-corrected chi connectivity index (χ2v) is 4.49. The van der Waals surface area contributed by atoms with Crippen molar-refractivity contribution in [3.8, 4) is 0 Å². The summed E-state index contributed by atoms with van der Waals surface area (Å²) in [5.74, 6) is 0.769. The molecule has 2 aliphatic rings. The zero-order valence-electron chi connectivity index (χ0n) is 8.69. The Labute approximate surface area is 86.0 Å². The molecule has 1 aliphatic heterocycles. The second kappa shape index (κ2) is 4.94. The Morgan fingerprint density at radius 1 is 0.929 bits per heavy atom. The minimum Gasteiger partial charge on any atom is -0.368 e. The van der Waals surface area contributed by atoms with Crippen molar-refractivity contribution in [1.29, 1.82) is 0 Å². The zero-order chi connectivity index (χ0) is 9.80. The number of hydrogen-bond donors (Lipinski definition) is 1. The van der Waals surface area contributed by atoms with Gasteiger partial charge in [0.1, 0.15) is 0 Å². The maximum Gasteiger partial charge on any atom is 0.155 e. The molecule has 0 aromatic carbocycles. The van der Waals surface area contributed by atoms with Crippen LogP contribution in [-0.2, 0) is 4.74 Å². The lowest BCUT2D eigenvalue weighted by molar-refractivity contribution is -0.0778. The first-order valence-corrected chi connectivity index (χ1v) is 5.86. The smallest absolute Gasteiger partial charge is 0.155 e. The van der Waals surface area contributed by atoms with Gasteiger partial charge in [0.2, 0.25) is 0 Å². The molecule has 0 radical (unpaired) electrons. The fourth-order valence-corrected chi connectivity index (χ4v) is 2.39. The topological polar surface area (TPSA) is 29.5 Å². The highest BCUT2D eigenvalue weighted by molar-refractivity contribution is 4.96. The summed E-state index contributed by atoms with van der Waals surface area (Å²) in [7, 11) is 0. The molecule has 2 rings (SSSR count). The van der Waals surface area contributed by atoms with Gasteiger partial charge in [0.15, 0.2) is 6.29 Å². The van der Waals surface area contributed by atoms with Crippen molar-refractivity contribution in [2.24, 2.45) is 5.92 Å². The summed E-state index contributed by atoms with van der Waals surface area (Å²) in [5.41, 5.74) is 0. The molecule has 1 saturated carbocycles. The third kappa shape index (κ3) is 2.82. The van der Waals surface area contributed by atoms with Crippen LogP contribution in [0.1, 0.15) is 44.9 Å². The van der Waals surface area contributed by atoms with E-state index in [4.69, 9.17) is 4.74 Å². The van der Waals surface area contributed by atoms with Crippen molar-refractivity contribution < 1.29 is 9.84 Å². The Balaban J connectivity index is 1.75. The van der Waals surface area contributed by atoms with Crippen molar-refractivity contribution in [2.75, 3.05) is 0 Å². The second-order valence-electron chi connectivity index (χ2n) is 4.49. The summed E-state index contributed by atoms with van der Waals surface area (Å²) < 4.78 is 5.32. The molecule has 2 nitrogen and oxygen atoms in total. The molecule has 2 atom stereocenters. The molecule has 14 heavy (non-hydrogen) atoms. The molecule has 2 unspecified atom stereocenters. The predicted molar refractivity (Wildman–Crippen MR) is 55.8 cm³/mol. The summed E-state index contributed by atoms with van der Waals surface area (Å²) in [6.07, 6.45) is 12.7. The predicted octanol–water partition coefficient (Wildman–Crippen LogP) is 2.62. The number of allylic oxidation sites excluding steroid dienone is 1. The molecule has 0 bridgehead atoms. The Kier molecular flexibility index (Phi) is 3.60. The van der Waals surface area contributed by atoms with E-state index in [9.17, 15) is 5.11 Å². The van der Waals surface area contributed by atoms with Gasteiger partial charge in [-0.3, -0.25) is 0 Å². The minimum atomic E-state index is -0.518. The molecule has 0 aromatic heterocycles. The largest absolute Gasteiger partial charge is 0.368 e. The van der Waals surface area contributed by atoms with E-state index in [1.165, 1.54) is 32.1 Å². The van der Waals surface area contributed by atoms with Crippen LogP contribution in [0, 0.1) is 5.92 Å². The summed E-state index contributed by atoms with van der Waals surface area (Å²) in [5, 5.41) is 9.18. The van der Waals surface area contributed by atoms with Crippen LogP contribution < -0.4 is 0 Å². The van der Waals surface area contributed by atoms with Crippen LogP contribution in [0.15, 0.2) is 12.2 Å². The van der Waals surface area contributed by atoms with Crippen LogP contribution in [-0.4, -0.2) is 17.5 Å². The van der Waals surface area contributed by atoms with Crippen LogP contribution in [0.5, 0.6) is 0 Å². The van der Waals surface area contributed by atoms with E-state index in [-0.39, 0.29) is 6.10 Å². The van der Waals surface area contributed by atoms with Crippen molar-refractivity contribution in [2.45, 2.75) is 57.3 Å². The fourth-order valence-electron chi connectivity index (χ4n) is 2.39. The van der Waals surface area contributed by atoms with Gasteiger partial charge in [-0.25, -0.2) is 0 Å². The number of ether oxygens (including phenoxy) is 1. The first kappa shape index (κ1) is 10.2. The van der Waals surface area contributed by atoms with Gasteiger partial charge in [-0.1, -0.05) is 31.4 Å². The normalized spacial score (nSPS) is 35.5. The van der Waals surface area contributed by atoms with E-state index in [1.54, 1.807) is 0 Å². The highest BCUT2D eigenvalue weighted by Crippen LogP contribution is 2.26. The Hall–Kier alpha value is -0.340. The van der Waals surface area contributed by atoms with E-state index < -0.39 is 6.29 Å². The van der Waals surface area contributed by atoms with E-state index in [1.807, 2.05) is 0 Å². The number of rotatable bonds is 2. The van der Waals surface area contributed by atoms with Gasteiger partial charge in [-0.05, 0) is 25.2 Å². The molecular weight excluding hydrogens is 176 g/mol. The highest BCUT2D eigenvalue weighted by atomic mass is 16.6. The molecule has 1 saturated heterocycles. The van der Waals surface area contributed by atoms with Gasteiger partial charge in [0.05, 0.1) is 6.10 Å². The minimum absolute atomic E-state index is 0.173. The summed E-state index contributed by atoms with van der Waals surface area (Å²) in [4.78, 5) is 0. The van der Waals surface area contributed by atoms with Gasteiger partial charge in [-0.15, -0.1) is 0 Å². The van der Waals surface area contributed by atoms with Gasteiger partial charge in [-0.2, -0.15) is 0 Å². The standard InChI is InChI=1S/C12H20O2/c13-12-9-8-11(14-12)7-6-10-4-2-1-3-5-10/h6-7,10-13H,1-5,8-9H2/b7-6+. The molecule has 1 N–H and O–H groups in total. The molecule has 80 valence electrons. The first-order chi connectivity index (χ1) is 6.84. The van der Waals surface area contributed by atoms with Crippen LogP contribution in [0.2, 0.25) is 0 Å². The monoisotopic (exact) mass is 196 g/mol. The summed E-state index contributed by atoms with van der Waals surface area (Å²) in [6.45, 7) is 0. The van der Waals surface area contributed by atoms with Crippen LogP contribution in [0.4, 0.5) is 0 Å². The fraction of sp³-hybridized carbons (Fsp3) is 0.833. The van der Waals surface area contributed by atoms with E-state index in [0.29, 0.717) is 0 Å². The van der Waals surface area contributed by atoms with Gasteiger partial charge < -0.3 is 9.84 Å². The highest BCUT2D eigenvalue weighted by Gasteiger charge is 2.21. The van der Waals surface area contributed by atoms with Crippen molar-refractivity contribution in [3.63, 3.8) is 0 Å². The summed E-state index contributed by atoms with van der Waals surface area (Å²) in [6, 6.07) is 0. The van der Waals surface area contributed by atoms with Crippen molar-refractivity contribution >= 4 is 0 Å². The van der Waals surface area contributed by atoms with Crippen molar-refractivity contribution in [3.05, 3.63) is 12.2 Å². The lowest BCUT2D eigenvalue weighted by Gasteiger charge is -2.18. The Bertz CT molecular complexity index is 188. The third-order valence-corrected chi connectivity index (χ3v) is 3.28. The maximum absolute atomic E-state index is 9.18. The van der Waals surface area contributed by atoms with E-state index in [0.717, 1.165) is 18.8 Å². The van der Waals surface area contributed by atoms with Crippen LogP contribution in [0.3, 0.4) is 0 Å². The van der Waals surface area contributed by atoms with Crippen LogP contribution in [0.25, 0.3) is 0 Å². The van der Waals surface area contributed by atoms with E-state index in [2.05, 4.69) is 12.2 Å². The summed E-state index contributed by atoms with van der Waals surface area (Å²) >= 11 is 0. The maximum atomic E-state index is 9.18. The Morgan fingerprint density at radius 2 is 1.71 bits per heavy atom. The van der Waals surface area contributed by atoms with Gasteiger partial charge in [0, 0.05) is 6.42 Å². The molecular formula is C12H20O2. The molecule has 1 aliphatic carbocycles. The number of hydrogen-bond acceptors (Lipinski definition) is 2. The van der Waals surface area contributed by atoms with Gasteiger partial charge in [0.25, 0.3) is 0 Å². The lowest BCUT2D eigenvalue weighted by Crippen LogP contribution is -2.08. The van der Waals surface area contributed by atoms with Crippen LogP contribution >= 0.6 is 0 Å². The first-order valence-electron chi connectivity index (χ1n) is 5.86. The lowest BCUT2D eigenvalue weighted by atomic mass is 9.89. The Morgan fingerprint density at radius 3 is 2.36 bits per heavy atom. The number of aliphatic hydroxyl groups is 1. The average molecular weight is 196 g/mol. The molecule has 0 spiro atoms. The van der Waals surface area contributed by atoms with Gasteiger partial charge >= 0.3 is 0 Å². The molecule has 0 amide bonds. The average Bonchev–Trinajstić information content (AvgIpc) is 2.63. The molecule has 0 aromatic rings. The third-order valence-electron chi connectivity index (χ3n) is 3.28. The quantitative estimate of drug-likeness (QED) is 0.688. The SMILES string of the molecule is OC1CCC(/C=C/C2CCCCC2)O1. The molecule has 1 heterocycles. The number of aliphatic hydroxyl groups excluding tert-OH is 1.